The zero-order chi connectivity index (χ0) is 27.7. The molecule has 5 aliphatic carbocycles. The van der Waals surface area contributed by atoms with Crippen molar-refractivity contribution in [1.82, 2.24) is 4.72 Å². The molecule has 5 aliphatic rings. The van der Waals surface area contributed by atoms with E-state index in [1.807, 2.05) is 0 Å². The highest BCUT2D eigenvalue weighted by Gasteiger charge is 2.64. The van der Waals surface area contributed by atoms with E-state index in [1.165, 1.54) is 25.7 Å². The van der Waals surface area contributed by atoms with Gasteiger partial charge in [0.2, 0.25) is 15.9 Å². The van der Waals surface area contributed by atoms with Crippen LogP contribution in [0, 0.1) is 52.3 Å². The Hall–Kier alpha value is -0.660. The summed E-state index contributed by atoms with van der Waals surface area (Å²) >= 11 is 0. The number of hydrogen-bond acceptors (Lipinski definition) is 5. The molecule has 0 aliphatic heterocycles. The van der Waals surface area contributed by atoms with Crippen LogP contribution in [0.1, 0.15) is 118 Å². The number of amides is 1. The summed E-state index contributed by atoms with van der Waals surface area (Å²) in [6.07, 6.45) is 11.3. The van der Waals surface area contributed by atoms with E-state index < -0.39 is 14.8 Å². The number of rotatable bonds is 8. The second-order valence-electron chi connectivity index (χ2n) is 15.0. The maximum atomic E-state index is 12.4. The van der Waals surface area contributed by atoms with Crippen molar-refractivity contribution in [2.24, 2.45) is 52.3 Å². The van der Waals surface area contributed by atoms with Crippen molar-refractivity contribution in [2.75, 3.05) is 0 Å². The zero-order valence-corrected chi connectivity index (χ0v) is 25.2. The van der Waals surface area contributed by atoms with E-state index in [4.69, 9.17) is 0 Å². The van der Waals surface area contributed by atoms with Gasteiger partial charge in [-0.2, -0.15) is 0 Å². The van der Waals surface area contributed by atoms with Gasteiger partial charge in [-0.3, -0.25) is 9.52 Å². The van der Waals surface area contributed by atoms with Crippen molar-refractivity contribution in [3.63, 3.8) is 0 Å². The summed E-state index contributed by atoms with van der Waals surface area (Å²) in [6.45, 7) is 11.2. The number of carbonyl (C=O) groups is 1. The number of aliphatic hydroxyl groups is 2. The summed E-state index contributed by atoms with van der Waals surface area (Å²) in [5.74, 6) is 2.83. The Morgan fingerprint density at radius 3 is 2.26 bits per heavy atom. The first kappa shape index (κ1) is 28.9. The molecule has 0 spiro atoms. The van der Waals surface area contributed by atoms with Gasteiger partial charge in [0.25, 0.3) is 0 Å². The van der Waals surface area contributed by atoms with E-state index in [2.05, 4.69) is 32.4 Å². The van der Waals surface area contributed by atoms with Crippen LogP contribution < -0.4 is 4.72 Å². The molecule has 38 heavy (non-hydrogen) atoms. The first-order valence-electron chi connectivity index (χ1n) is 15.7. The predicted molar refractivity (Wildman–Crippen MR) is 149 cm³/mol. The maximum absolute atomic E-state index is 12.4. The number of carbonyl (C=O) groups excluding carboxylic acids is 1. The van der Waals surface area contributed by atoms with Gasteiger partial charge in [0.15, 0.2) is 0 Å². The lowest BCUT2D eigenvalue weighted by atomic mass is 9.41. The number of aliphatic hydroxyl groups excluding tert-OH is 2. The van der Waals surface area contributed by atoms with Crippen LogP contribution in [-0.4, -0.2) is 41.5 Å². The summed E-state index contributed by atoms with van der Waals surface area (Å²) in [7, 11) is -3.56. The molecule has 0 radical (unpaired) electrons. The van der Waals surface area contributed by atoms with Crippen molar-refractivity contribution in [3.8, 4) is 0 Å². The molecule has 5 rings (SSSR count). The lowest BCUT2D eigenvalue weighted by Gasteiger charge is -2.64. The highest BCUT2D eigenvalue weighted by Crippen LogP contribution is 2.69. The van der Waals surface area contributed by atoms with E-state index in [9.17, 15) is 23.4 Å². The van der Waals surface area contributed by atoms with Gasteiger partial charge in [0.05, 0.1) is 17.0 Å². The summed E-state index contributed by atoms with van der Waals surface area (Å²) in [5.41, 5.74) is 0.434. The summed E-state index contributed by atoms with van der Waals surface area (Å²) in [5, 5.41) is 22.4. The third-order valence-corrected chi connectivity index (χ3v) is 15.3. The predicted octanol–water partition coefficient (Wildman–Crippen LogP) is 5.42. The largest absolute Gasteiger partial charge is 0.393 e. The van der Waals surface area contributed by atoms with E-state index in [0.29, 0.717) is 54.8 Å². The van der Waals surface area contributed by atoms with Crippen LogP contribution >= 0.6 is 0 Å². The molecule has 3 N–H and O–H groups in total. The third-order valence-electron chi connectivity index (χ3n) is 13.1. The molecule has 1 amide bonds. The first-order valence-corrected chi connectivity index (χ1v) is 17.2. The fraction of sp³-hybridized carbons (Fsp3) is 0.968. The zero-order valence-electron chi connectivity index (χ0n) is 24.4. The monoisotopic (exact) mass is 551 g/mol. The lowest BCUT2D eigenvalue weighted by molar-refractivity contribution is -0.203. The second kappa shape index (κ2) is 10.0. The molecule has 2 unspecified atom stereocenters. The normalized spacial score (nSPS) is 46.4. The van der Waals surface area contributed by atoms with E-state index in [-0.39, 0.29) is 41.3 Å². The molecule has 0 aromatic heterocycles. The van der Waals surface area contributed by atoms with E-state index in [0.717, 1.165) is 32.1 Å². The number of fused-ring (bicyclic) bond motifs is 5. The Labute approximate surface area is 231 Å². The van der Waals surface area contributed by atoms with Gasteiger partial charge in [0, 0.05) is 6.42 Å². The van der Waals surface area contributed by atoms with Crippen molar-refractivity contribution in [2.45, 2.75) is 135 Å². The van der Waals surface area contributed by atoms with Crippen LogP contribution in [0.3, 0.4) is 0 Å². The van der Waals surface area contributed by atoms with Crippen LogP contribution in [0.5, 0.6) is 0 Å². The lowest BCUT2D eigenvalue weighted by Crippen LogP contribution is -2.62. The fourth-order valence-corrected chi connectivity index (χ4v) is 11.8. The molecule has 11 atom stereocenters. The van der Waals surface area contributed by atoms with Gasteiger partial charge >= 0.3 is 0 Å². The SMILES string of the molecule is CC[C@@H]1C2C[C@H](O)CC[C@]2(C)[C@H]2CC[C@]3(C)[C@@H]([C@H](C)CCCC(=O)NS(=O)(=O)C4(C)CC4)CC[C@H]3C2[C@@H]1O. The Morgan fingerprint density at radius 1 is 0.947 bits per heavy atom. The summed E-state index contributed by atoms with van der Waals surface area (Å²) in [4.78, 5) is 12.4. The molecular formula is C31H53NO5S. The van der Waals surface area contributed by atoms with Gasteiger partial charge in [-0.05, 0) is 130 Å². The molecule has 7 heteroatoms. The molecule has 0 heterocycles. The number of sulfonamides is 1. The highest BCUT2D eigenvalue weighted by atomic mass is 32.2. The number of hydrogen-bond donors (Lipinski definition) is 3. The Balaban J connectivity index is 1.24. The van der Waals surface area contributed by atoms with Gasteiger partial charge in [0.1, 0.15) is 0 Å². The molecule has 0 aromatic carbocycles. The fourth-order valence-electron chi connectivity index (χ4n) is 10.5. The van der Waals surface area contributed by atoms with Crippen molar-refractivity contribution < 1.29 is 23.4 Å². The van der Waals surface area contributed by atoms with Gasteiger partial charge in [-0.1, -0.05) is 34.1 Å². The van der Waals surface area contributed by atoms with Crippen molar-refractivity contribution in [1.29, 1.82) is 0 Å². The molecule has 5 saturated carbocycles. The standard InChI is InChI=1S/C31H53NO5S/c1-6-21-25-18-20(33)12-14-31(25,5)24-13-15-30(4)22(10-11-23(30)27(24)28(21)35)19(2)8-7-9-26(34)32-38(36,37)29(3)16-17-29/h19-25,27-28,33,35H,6-18H2,1-5H3,(H,32,34)/t19-,20-,21-,22-,23+,24+,25?,27?,28-,30-,31-/m1/s1. The Bertz CT molecular complexity index is 1010. The minimum Gasteiger partial charge on any atom is -0.393 e. The molecule has 0 aromatic rings. The van der Waals surface area contributed by atoms with E-state index in [1.54, 1.807) is 6.92 Å². The minimum absolute atomic E-state index is 0.212. The van der Waals surface area contributed by atoms with Crippen molar-refractivity contribution in [3.05, 3.63) is 0 Å². The minimum atomic E-state index is -3.56. The Kier molecular flexibility index (Phi) is 7.60. The average Bonchev–Trinajstić information content (AvgIpc) is 3.51. The van der Waals surface area contributed by atoms with Crippen LogP contribution in [0.15, 0.2) is 0 Å². The van der Waals surface area contributed by atoms with Gasteiger partial charge < -0.3 is 10.2 Å². The highest BCUT2D eigenvalue weighted by molar-refractivity contribution is 7.91. The molecule has 5 fully saturated rings. The molecular weight excluding hydrogens is 498 g/mol. The summed E-state index contributed by atoms with van der Waals surface area (Å²) < 4.78 is 26.3. The van der Waals surface area contributed by atoms with Crippen LogP contribution in [0.25, 0.3) is 0 Å². The van der Waals surface area contributed by atoms with Crippen LogP contribution in [0.4, 0.5) is 0 Å². The smallest absolute Gasteiger partial charge is 0.240 e. The van der Waals surface area contributed by atoms with E-state index >= 15 is 0 Å². The number of nitrogens with one attached hydrogen (secondary N) is 1. The first-order chi connectivity index (χ1) is 17.8. The maximum Gasteiger partial charge on any atom is 0.240 e. The topological polar surface area (TPSA) is 104 Å². The molecule has 6 nitrogen and oxygen atoms in total. The van der Waals surface area contributed by atoms with Gasteiger partial charge in [-0.25, -0.2) is 8.42 Å². The van der Waals surface area contributed by atoms with Gasteiger partial charge in [-0.15, -0.1) is 0 Å². The average molecular weight is 552 g/mol. The Morgan fingerprint density at radius 2 is 1.61 bits per heavy atom. The van der Waals surface area contributed by atoms with Crippen LogP contribution in [0.2, 0.25) is 0 Å². The second-order valence-corrected chi connectivity index (χ2v) is 17.2. The molecule has 0 bridgehead atoms. The van der Waals surface area contributed by atoms with Crippen molar-refractivity contribution >= 4 is 15.9 Å². The molecule has 218 valence electrons. The molecule has 0 saturated heterocycles. The third kappa shape index (κ3) is 4.58. The quantitative estimate of drug-likeness (QED) is 0.374. The summed E-state index contributed by atoms with van der Waals surface area (Å²) in [6, 6.07) is 0. The van der Waals surface area contributed by atoms with Crippen LogP contribution in [-0.2, 0) is 14.8 Å².